The molecule has 222 valence electrons. The van der Waals surface area contributed by atoms with Crippen LogP contribution < -0.4 is 20.5 Å². The number of aromatic nitrogens is 2. The summed E-state index contributed by atoms with van der Waals surface area (Å²) in [6, 6.07) is 12.2. The minimum absolute atomic E-state index is 0.0428. The van der Waals surface area contributed by atoms with Gasteiger partial charge in [-0.3, -0.25) is 14.6 Å². The predicted octanol–water partition coefficient (Wildman–Crippen LogP) is 5.40. The summed E-state index contributed by atoms with van der Waals surface area (Å²) < 4.78 is 50.7. The van der Waals surface area contributed by atoms with Gasteiger partial charge in [0.15, 0.2) is 5.75 Å². The molecule has 3 N–H and O–H groups in total. The van der Waals surface area contributed by atoms with Gasteiger partial charge in [0.25, 0.3) is 5.91 Å². The van der Waals surface area contributed by atoms with E-state index in [1.165, 1.54) is 18.2 Å². The van der Waals surface area contributed by atoms with E-state index >= 15 is 0 Å². The van der Waals surface area contributed by atoms with E-state index in [9.17, 15) is 22.8 Å². The molecule has 6 rings (SSSR count). The maximum atomic E-state index is 13.7. The summed E-state index contributed by atoms with van der Waals surface area (Å²) in [4.78, 5) is 35.0. The van der Waals surface area contributed by atoms with Crippen LogP contribution in [0.15, 0.2) is 54.7 Å². The van der Waals surface area contributed by atoms with Crippen LogP contribution in [0.2, 0.25) is 0 Å². The highest BCUT2D eigenvalue weighted by molar-refractivity contribution is 6.00. The van der Waals surface area contributed by atoms with Crippen molar-refractivity contribution in [3.8, 4) is 22.8 Å². The second-order valence-corrected chi connectivity index (χ2v) is 11.4. The van der Waals surface area contributed by atoms with Gasteiger partial charge >= 0.3 is 6.61 Å². The molecule has 1 saturated carbocycles. The fourth-order valence-corrected chi connectivity index (χ4v) is 5.56. The van der Waals surface area contributed by atoms with Gasteiger partial charge in [-0.1, -0.05) is 0 Å². The summed E-state index contributed by atoms with van der Waals surface area (Å²) in [5.41, 5.74) is 8.17. The molecule has 8 nitrogen and oxygen atoms in total. The zero-order chi connectivity index (χ0) is 30.5. The van der Waals surface area contributed by atoms with E-state index in [0.29, 0.717) is 33.7 Å². The van der Waals surface area contributed by atoms with Crippen LogP contribution in [-0.4, -0.2) is 41.5 Å². The monoisotopic (exact) mass is 590 g/mol. The van der Waals surface area contributed by atoms with Crippen LogP contribution in [0, 0.1) is 18.7 Å². The lowest BCUT2D eigenvalue weighted by Gasteiger charge is -2.22. The molecular formula is C32H29F3N4O4. The number of aryl methyl sites for hydroxylation is 1. The molecular weight excluding hydrogens is 561 g/mol. The fraction of sp³-hybridized carbons (Fsp3) is 0.312. The molecule has 0 saturated heterocycles. The van der Waals surface area contributed by atoms with E-state index < -0.39 is 29.7 Å². The second kappa shape index (κ2) is 10.9. The minimum atomic E-state index is -3.08. The van der Waals surface area contributed by atoms with Crippen molar-refractivity contribution in [2.24, 2.45) is 11.7 Å². The van der Waals surface area contributed by atoms with Gasteiger partial charge in [-0.25, -0.2) is 9.37 Å². The number of ether oxygens (including phenoxy) is 2. The Bertz CT molecular complexity index is 1740. The van der Waals surface area contributed by atoms with Gasteiger partial charge in [-0.05, 0) is 86.7 Å². The number of primary amides is 1. The third-order valence-corrected chi connectivity index (χ3v) is 8.17. The molecule has 2 atom stereocenters. The van der Waals surface area contributed by atoms with E-state index in [0.717, 1.165) is 18.4 Å². The molecule has 0 spiro atoms. The van der Waals surface area contributed by atoms with Crippen molar-refractivity contribution in [3.63, 3.8) is 0 Å². The number of carbonyl (C=O) groups is 2. The molecule has 2 aromatic carbocycles. The maximum absolute atomic E-state index is 13.7. The SMILES string of the molecule is Cc1cnc2c(OC(F)F)cc(C(=O)NC[C@H](c3cc4c(c(-c5ccc(F)cc5)n3)OC[C@]4(C)C(N)=O)C3CC3)cc2c1. The lowest BCUT2D eigenvalue weighted by molar-refractivity contribution is -0.123. The Morgan fingerprint density at radius 1 is 1.16 bits per heavy atom. The number of benzene rings is 2. The number of halogens is 3. The summed E-state index contributed by atoms with van der Waals surface area (Å²) in [5, 5.41) is 3.44. The van der Waals surface area contributed by atoms with Crippen LogP contribution in [-0.2, 0) is 10.2 Å². The first kappa shape index (κ1) is 28.4. The fourth-order valence-electron chi connectivity index (χ4n) is 5.56. The highest BCUT2D eigenvalue weighted by atomic mass is 19.3. The van der Waals surface area contributed by atoms with Crippen molar-refractivity contribution < 1.29 is 32.2 Å². The van der Waals surface area contributed by atoms with Crippen molar-refractivity contribution in [2.45, 2.75) is 44.6 Å². The summed E-state index contributed by atoms with van der Waals surface area (Å²) in [6.07, 6.45) is 3.38. The number of amides is 2. The standard InChI is InChI=1S/C32H29F3N4O4/c1-16-9-19-10-20(11-25(43-31(34)35)26(19)37-13-16)29(40)38-14-22(17-3-4-17)24-12-23-28(42-15-32(23,2)30(36)41)27(39-24)18-5-7-21(33)8-6-18/h5-13,17,22,31H,3-4,14-15H2,1-2H3,(H2,36,41)(H,38,40)/t22-,32-/m0/s1. The van der Waals surface area contributed by atoms with Gasteiger partial charge in [0, 0.05) is 46.4 Å². The summed E-state index contributed by atoms with van der Waals surface area (Å²) in [7, 11) is 0. The van der Waals surface area contributed by atoms with Gasteiger partial charge in [0.2, 0.25) is 5.91 Å². The van der Waals surface area contributed by atoms with Gasteiger partial charge in [0.05, 0.1) is 0 Å². The van der Waals surface area contributed by atoms with Gasteiger partial charge < -0.3 is 20.5 Å². The third-order valence-electron chi connectivity index (χ3n) is 8.17. The average molecular weight is 591 g/mol. The van der Waals surface area contributed by atoms with Crippen molar-refractivity contribution in [1.29, 1.82) is 0 Å². The molecule has 11 heteroatoms. The molecule has 0 unspecified atom stereocenters. The summed E-state index contributed by atoms with van der Waals surface area (Å²) in [5.74, 6) is -1.21. The molecule has 1 aliphatic carbocycles. The van der Waals surface area contributed by atoms with E-state index in [1.54, 1.807) is 37.4 Å². The number of nitrogens with zero attached hydrogens (tertiary/aromatic N) is 2. The molecule has 43 heavy (non-hydrogen) atoms. The summed E-state index contributed by atoms with van der Waals surface area (Å²) in [6.45, 7) is 0.677. The summed E-state index contributed by atoms with van der Waals surface area (Å²) >= 11 is 0. The lowest BCUT2D eigenvalue weighted by Crippen LogP contribution is -2.40. The van der Waals surface area contributed by atoms with Crippen molar-refractivity contribution in [3.05, 3.63) is 82.9 Å². The van der Waals surface area contributed by atoms with Crippen LogP contribution in [0.25, 0.3) is 22.2 Å². The molecule has 2 aliphatic rings. The smallest absolute Gasteiger partial charge is 0.387 e. The quantitative estimate of drug-likeness (QED) is 0.270. The van der Waals surface area contributed by atoms with Crippen LogP contribution >= 0.6 is 0 Å². The zero-order valence-electron chi connectivity index (χ0n) is 23.5. The molecule has 2 aromatic heterocycles. The first-order valence-corrected chi connectivity index (χ1v) is 13.9. The Morgan fingerprint density at radius 3 is 2.58 bits per heavy atom. The van der Waals surface area contributed by atoms with Crippen molar-refractivity contribution in [2.75, 3.05) is 13.2 Å². The second-order valence-electron chi connectivity index (χ2n) is 11.4. The van der Waals surface area contributed by atoms with Gasteiger partial charge in [-0.2, -0.15) is 8.78 Å². The number of carbonyl (C=O) groups excluding carboxylic acids is 2. The maximum Gasteiger partial charge on any atom is 0.387 e. The molecule has 3 heterocycles. The minimum Gasteiger partial charge on any atom is -0.489 e. The van der Waals surface area contributed by atoms with Crippen LogP contribution in [0.4, 0.5) is 13.2 Å². The molecule has 1 fully saturated rings. The van der Waals surface area contributed by atoms with E-state index in [1.807, 2.05) is 13.0 Å². The number of fused-ring (bicyclic) bond motifs is 2. The normalized spacial score (nSPS) is 18.3. The van der Waals surface area contributed by atoms with Gasteiger partial charge in [0.1, 0.15) is 34.8 Å². The number of hydrogen-bond acceptors (Lipinski definition) is 6. The molecule has 0 bridgehead atoms. The first-order chi connectivity index (χ1) is 20.5. The van der Waals surface area contributed by atoms with Crippen LogP contribution in [0.1, 0.15) is 52.9 Å². The highest BCUT2D eigenvalue weighted by Crippen LogP contribution is 2.48. The molecule has 4 aromatic rings. The topological polar surface area (TPSA) is 116 Å². The highest BCUT2D eigenvalue weighted by Gasteiger charge is 2.45. The van der Waals surface area contributed by atoms with Crippen LogP contribution in [0.3, 0.4) is 0 Å². The molecule has 2 amide bonds. The van der Waals surface area contributed by atoms with E-state index in [4.69, 9.17) is 15.5 Å². The predicted molar refractivity (Wildman–Crippen MR) is 153 cm³/mol. The number of rotatable bonds is 9. The van der Waals surface area contributed by atoms with E-state index in [-0.39, 0.29) is 41.8 Å². The van der Waals surface area contributed by atoms with Crippen LogP contribution in [0.5, 0.6) is 11.5 Å². The Kier molecular flexibility index (Phi) is 7.19. The largest absolute Gasteiger partial charge is 0.489 e. The van der Waals surface area contributed by atoms with Crippen molar-refractivity contribution in [1.82, 2.24) is 15.3 Å². The number of hydrogen-bond donors (Lipinski definition) is 2. The number of pyridine rings is 2. The molecule has 0 radical (unpaired) electrons. The van der Waals surface area contributed by atoms with E-state index in [2.05, 4.69) is 15.0 Å². The van der Waals surface area contributed by atoms with Crippen molar-refractivity contribution >= 4 is 22.7 Å². The number of nitrogens with two attached hydrogens (primary N) is 1. The Hall–Kier alpha value is -4.67. The average Bonchev–Trinajstić information content (AvgIpc) is 3.75. The Morgan fingerprint density at radius 2 is 1.91 bits per heavy atom. The Labute approximate surface area is 245 Å². The Balaban J connectivity index is 1.35. The lowest BCUT2D eigenvalue weighted by atomic mass is 9.82. The third kappa shape index (κ3) is 5.47. The first-order valence-electron chi connectivity index (χ1n) is 13.9. The molecule has 1 aliphatic heterocycles. The number of nitrogens with one attached hydrogen (secondary N) is 1. The van der Waals surface area contributed by atoms with Gasteiger partial charge in [-0.15, -0.1) is 0 Å². The zero-order valence-corrected chi connectivity index (χ0v) is 23.5. The number of alkyl halides is 2.